The maximum atomic E-state index is 5.07. The standard InChI is InChI=1S/C10H12N4O2/c1-15-7-14-12-10(11-13-14)8-3-5-9(16-2)6-4-8/h3-6H,7H2,1-2H3. The highest BCUT2D eigenvalue weighted by atomic mass is 16.5. The Morgan fingerprint density at radius 1 is 1.19 bits per heavy atom. The lowest BCUT2D eigenvalue weighted by molar-refractivity contribution is 0.107. The predicted octanol–water partition coefficient (Wildman–Crippen LogP) is 0.953. The van der Waals surface area contributed by atoms with E-state index in [1.54, 1.807) is 14.2 Å². The summed E-state index contributed by atoms with van der Waals surface area (Å²) in [5, 5.41) is 11.9. The number of tetrazole rings is 1. The van der Waals surface area contributed by atoms with Crippen molar-refractivity contribution in [2.45, 2.75) is 6.73 Å². The van der Waals surface area contributed by atoms with Gasteiger partial charge in [-0.25, -0.2) is 0 Å². The molecule has 0 saturated heterocycles. The summed E-state index contributed by atoms with van der Waals surface area (Å²) in [7, 11) is 3.21. The van der Waals surface area contributed by atoms with Crippen LogP contribution >= 0.6 is 0 Å². The van der Waals surface area contributed by atoms with E-state index < -0.39 is 0 Å². The molecule has 0 N–H and O–H groups in total. The average molecular weight is 220 g/mol. The van der Waals surface area contributed by atoms with Crippen LogP contribution in [0.4, 0.5) is 0 Å². The van der Waals surface area contributed by atoms with E-state index in [1.165, 1.54) is 4.80 Å². The van der Waals surface area contributed by atoms with Gasteiger partial charge >= 0.3 is 0 Å². The van der Waals surface area contributed by atoms with E-state index in [-0.39, 0.29) is 0 Å². The third-order valence-corrected chi connectivity index (χ3v) is 2.05. The minimum Gasteiger partial charge on any atom is -0.497 e. The number of hydrogen-bond acceptors (Lipinski definition) is 5. The fraction of sp³-hybridized carbons (Fsp3) is 0.300. The van der Waals surface area contributed by atoms with Crippen LogP contribution in [0.2, 0.25) is 0 Å². The molecule has 6 heteroatoms. The van der Waals surface area contributed by atoms with Crippen molar-refractivity contribution in [3.05, 3.63) is 24.3 Å². The first-order valence-electron chi connectivity index (χ1n) is 4.74. The monoisotopic (exact) mass is 220 g/mol. The summed E-state index contributed by atoms with van der Waals surface area (Å²) in [5.41, 5.74) is 0.892. The SMILES string of the molecule is COCn1nnc(-c2ccc(OC)cc2)n1. The molecule has 1 heterocycles. The van der Waals surface area contributed by atoms with E-state index in [0.29, 0.717) is 12.6 Å². The Balaban J connectivity index is 2.21. The van der Waals surface area contributed by atoms with Crippen LogP contribution in [0.3, 0.4) is 0 Å². The van der Waals surface area contributed by atoms with Crippen molar-refractivity contribution in [3.63, 3.8) is 0 Å². The van der Waals surface area contributed by atoms with Crippen LogP contribution in [0, 0.1) is 0 Å². The minimum absolute atomic E-state index is 0.295. The van der Waals surface area contributed by atoms with Crippen molar-refractivity contribution in [1.82, 2.24) is 20.2 Å². The smallest absolute Gasteiger partial charge is 0.205 e. The number of nitrogens with zero attached hydrogens (tertiary/aromatic N) is 4. The molecule has 6 nitrogen and oxygen atoms in total. The Bertz CT molecular complexity index is 452. The molecule has 0 fully saturated rings. The highest BCUT2D eigenvalue weighted by molar-refractivity contribution is 5.54. The lowest BCUT2D eigenvalue weighted by atomic mass is 10.2. The van der Waals surface area contributed by atoms with Crippen LogP contribution in [0.1, 0.15) is 0 Å². The molecule has 0 radical (unpaired) electrons. The molecule has 0 aliphatic carbocycles. The van der Waals surface area contributed by atoms with E-state index in [4.69, 9.17) is 9.47 Å². The van der Waals surface area contributed by atoms with Gasteiger partial charge in [0.1, 0.15) is 5.75 Å². The van der Waals surface area contributed by atoms with Crippen molar-refractivity contribution < 1.29 is 9.47 Å². The zero-order chi connectivity index (χ0) is 11.4. The number of methoxy groups -OCH3 is 2. The molecule has 0 atom stereocenters. The fourth-order valence-corrected chi connectivity index (χ4v) is 1.27. The van der Waals surface area contributed by atoms with Gasteiger partial charge in [0, 0.05) is 12.7 Å². The third-order valence-electron chi connectivity index (χ3n) is 2.05. The van der Waals surface area contributed by atoms with Gasteiger partial charge in [0.25, 0.3) is 0 Å². The first-order chi connectivity index (χ1) is 7.83. The molecular formula is C10H12N4O2. The molecule has 2 aromatic rings. The van der Waals surface area contributed by atoms with Gasteiger partial charge < -0.3 is 9.47 Å². The van der Waals surface area contributed by atoms with Gasteiger partial charge in [0.05, 0.1) is 7.11 Å². The zero-order valence-corrected chi connectivity index (χ0v) is 9.12. The van der Waals surface area contributed by atoms with Crippen LogP contribution in [-0.2, 0) is 11.5 Å². The van der Waals surface area contributed by atoms with E-state index in [1.807, 2.05) is 24.3 Å². The Kier molecular flexibility index (Phi) is 3.11. The van der Waals surface area contributed by atoms with E-state index in [2.05, 4.69) is 15.4 Å². The predicted molar refractivity (Wildman–Crippen MR) is 56.8 cm³/mol. The van der Waals surface area contributed by atoms with Gasteiger partial charge in [-0.05, 0) is 29.5 Å². The number of aromatic nitrogens is 4. The lowest BCUT2D eigenvalue weighted by Gasteiger charge is -1.99. The number of ether oxygens (including phenoxy) is 2. The van der Waals surface area contributed by atoms with Gasteiger partial charge in [-0.1, -0.05) is 0 Å². The van der Waals surface area contributed by atoms with Gasteiger partial charge in [0.2, 0.25) is 5.82 Å². The van der Waals surface area contributed by atoms with Crippen LogP contribution in [-0.4, -0.2) is 34.4 Å². The first kappa shape index (κ1) is 10.6. The summed E-state index contributed by atoms with van der Waals surface area (Å²) in [6, 6.07) is 7.47. The summed E-state index contributed by atoms with van der Waals surface area (Å²) in [6.45, 7) is 0.295. The highest BCUT2D eigenvalue weighted by Crippen LogP contribution is 2.17. The van der Waals surface area contributed by atoms with E-state index in [9.17, 15) is 0 Å². The van der Waals surface area contributed by atoms with Crippen molar-refractivity contribution >= 4 is 0 Å². The van der Waals surface area contributed by atoms with Crippen LogP contribution in [0.15, 0.2) is 24.3 Å². The Morgan fingerprint density at radius 3 is 2.56 bits per heavy atom. The fourth-order valence-electron chi connectivity index (χ4n) is 1.27. The molecule has 0 amide bonds. The topological polar surface area (TPSA) is 62.1 Å². The van der Waals surface area contributed by atoms with Gasteiger partial charge in [-0.15, -0.1) is 15.0 Å². The van der Waals surface area contributed by atoms with Crippen LogP contribution in [0.25, 0.3) is 11.4 Å². The molecule has 84 valence electrons. The minimum atomic E-state index is 0.295. The Labute approximate surface area is 92.8 Å². The molecule has 1 aromatic carbocycles. The average Bonchev–Trinajstić information content (AvgIpc) is 2.78. The van der Waals surface area contributed by atoms with E-state index in [0.717, 1.165) is 11.3 Å². The molecule has 0 saturated carbocycles. The van der Waals surface area contributed by atoms with Crippen LogP contribution < -0.4 is 4.74 Å². The molecule has 0 aliphatic rings. The third kappa shape index (κ3) is 2.17. The highest BCUT2D eigenvalue weighted by Gasteiger charge is 2.05. The summed E-state index contributed by atoms with van der Waals surface area (Å²) in [4.78, 5) is 1.39. The number of rotatable bonds is 4. The van der Waals surface area contributed by atoms with E-state index >= 15 is 0 Å². The summed E-state index contributed by atoms with van der Waals surface area (Å²) in [6.07, 6.45) is 0. The molecule has 1 aromatic heterocycles. The Morgan fingerprint density at radius 2 is 1.94 bits per heavy atom. The second kappa shape index (κ2) is 4.71. The van der Waals surface area contributed by atoms with Gasteiger partial charge in [-0.3, -0.25) is 0 Å². The van der Waals surface area contributed by atoms with Crippen molar-refractivity contribution in [2.24, 2.45) is 0 Å². The summed E-state index contributed by atoms with van der Waals surface area (Å²) < 4.78 is 9.96. The summed E-state index contributed by atoms with van der Waals surface area (Å²) in [5.74, 6) is 1.37. The maximum Gasteiger partial charge on any atom is 0.205 e. The van der Waals surface area contributed by atoms with Crippen molar-refractivity contribution in [3.8, 4) is 17.1 Å². The van der Waals surface area contributed by atoms with Gasteiger partial charge in [0.15, 0.2) is 6.73 Å². The second-order valence-corrected chi connectivity index (χ2v) is 3.13. The number of benzene rings is 1. The lowest BCUT2D eigenvalue weighted by Crippen LogP contribution is -2.03. The quantitative estimate of drug-likeness (QED) is 0.767. The molecule has 0 unspecified atom stereocenters. The number of hydrogen-bond donors (Lipinski definition) is 0. The largest absolute Gasteiger partial charge is 0.497 e. The van der Waals surface area contributed by atoms with Crippen molar-refractivity contribution in [1.29, 1.82) is 0 Å². The molecule has 0 aliphatic heterocycles. The zero-order valence-electron chi connectivity index (χ0n) is 9.12. The molecule has 0 bridgehead atoms. The maximum absolute atomic E-state index is 5.07. The molecule has 2 rings (SSSR count). The normalized spacial score (nSPS) is 10.4. The van der Waals surface area contributed by atoms with Crippen molar-refractivity contribution in [2.75, 3.05) is 14.2 Å². The molecule has 16 heavy (non-hydrogen) atoms. The van der Waals surface area contributed by atoms with Crippen LogP contribution in [0.5, 0.6) is 5.75 Å². The summed E-state index contributed by atoms with van der Waals surface area (Å²) >= 11 is 0. The molecular weight excluding hydrogens is 208 g/mol. The second-order valence-electron chi connectivity index (χ2n) is 3.13. The first-order valence-corrected chi connectivity index (χ1v) is 4.74. The molecule has 0 spiro atoms. The van der Waals surface area contributed by atoms with Gasteiger partial charge in [-0.2, -0.15) is 0 Å². The Hall–Kier alpha value is -1.95.